The fraction of sp³-hybridized carbons (Fsp3) is 0.538. The van der Waals surface area contributed by atoms with Gasteiger partial charge in [0.2, 0.25) is 0 Å². The van der Waals surface area contributed by atoms with Crippen molar-refractivity contribution in [2.45, 2.75) is 32.5 Å². The second kappa shape index (κ2) is 6.64. The van der Waals surface area contributed by atoms with E-state index in [1.54, 1.807) is 12.1 Å². The van der Waals surface area contributed by atoms with Gasteiger partial charge in [0.05, 0.1) is 0 Å². The van der Waals surface area contributed by atoms with Crippen LogP contribution in [0.1, 0.15) is 31.7 Å². The molecule has 0 bridgehead atoms. The highest BCUT2D eigenvalue weighted by Gasteiger charge is 2.30. The van der Waals surface area contributed by atoms with Crippen LogP contribution in [0, 0.1) is 0 Å². The van der Waals surface area contributed by atoms with E-state index in [1.165, 1.54) is 12.1 Å². The van der Waals surface area contributed by atoms with Crippen molar-refractivity contribution < 1.29 is 17.9 Å². The Morgan fingerprint density at radius 1 is 1.22 bits per heavy atom. The van der Waals surface area contributed by atoms with Crippen LogP contribution in [0.25, 0.3) is 0 Å². The molecule has 0 fully saturated rings. The maximum Gasteiger partial charge on any atom is 0.573 e. The van der Waals surface area contributed by atoms with E-state index in [-0.39, 0.29) is 11.7 Å². The average Bonchev–Trinajstić information content (AvgIpc) is 2.28. The average molecular weight is 261 g/mol. The molecule has 0 aliphatic heterocycles. The third-order valence-corrected chi connectivity index (χ3v) is 2.56. The van der Waals surface area contributed by atoms with E-state index in [0.717, 1.165) is 25.1 Å². The number of nitrogens with one attached hydrogen (secondary N) is 1. The van der Waals surface area contributed by atoms with E-state index in [0.29, 0.717) is 0 Å². The predicted octanol–water partition coefficient (Wildman–Crippen LogP) is 3.69. The van der Waals surface area contributed by atoms with Gasteiger partial charge in [0.1, 0.15) is 5.75 Å². The molecular formula is C13H18F3NO. The monoisotopic (exact) mass is 261 g/mol. The highest BCUT2D eigenvalue weighted by Crippen LogP contribution is 2.24. The zero-order valence-corrected chi connectivity index (χ0v) is 10.6. The van der Waals surface area contributed by atoms with Crippen molar-refractivity contribution in [3.05, 3.63) is 29.8 Å². The highest BCUT2D eigenvalue weighted by atomic mass is 19.4. The van der Waals surface area contributed by atoms with Crippen molar-refractivity contribution >= 4 is 0 Å². The van der Waals surface area contributed by atoms with E-state index in [9.17, 15) is 13.2 Å². The quantitative estimate of drug-likeness (QED) is 0.788. The lowest BCUT2D eigenvalue weighted by atomic mass is 10.0. The van der Waals surface area contributed by atoms with Gasteiger partial charge in [-0.15, -0.1) is 13.2 Å². The number of hydrogen-bond acceptors (Lipinski definition) is 2. The standard InChI is InChI=1S/C13H18F3NO/c1-3-8-17-9-10(2)11-4-6-12(7-5-11)18-13(14,15)16/h4-7,10,17H,3,8-9H2,1-2H3. The van der Waals surface area contributed by atoms with Crippen LogP contribution in [0.5, 0.6) is 5.75 Å². The molecule has 1 aromatic carbocycles. The van der Waals surface area contributed by atoms with E-state index >= 15 is 0 Å². The summed E-state index contributed by atoms with van der Waals surface area (Å²) in [6.45, 7) is 5.87. The molecule has 102 valence electrons. The van der Waals surface area contributed by atoms with Crippen molar-refractivity contribution in [3.63, 3.8) is 0 Å². The summed E-state index contributed by atoms with van der Waals surface area (Å²) in [6, 6.07) is 6.02. The molecule has 0 aromatic heterocycles. The fourth-order valence-corrected chi connectivity index (χ4v) is 1.61. The molecule has 2 nitrogen and oxygen atoms in total. The van der Waals surface area contributed by atoms with Gasteiger partial charge in [-0.3, -0.25) is 0 Å². The van der Waals surface area contributed by atoms with Crippen LogP contribution in [-0.2, 0) is 0 Å². The van der Waals surface area contributed by atoms with Crippen molar-refractivity contribution in [1.29, 1.82) is 0 Å². The molecular weight excluding hydrogens is 243 g/mol. The molecule has 1 N–H and O–H groups in total. The molecule has 0 aliphatic carbocycles. The summed E-state index contributed by atoms with van der Waals surface area (Å²) < 4.78 is 39.7. The number of alkyl halides is 3. The summed E-state index contributed by atoms with van der Waals surface area (Å²) in [5.74, 6) is 0.0801. The predicted molar refractivity (Wildman–Crippen MR) is 64.7 cm³/mol. The van der Waals surface area contributed by atoms with Gasteiger partial charge in [-0.25, -0.2) is 0 Å². The van der Waals surface area contributed by atoms with Crippen LogP contribution in [0.4, 0.5) is 13.2 Å². The molecule has 0 aliphatic rings. The molecule has 1 rings (SSSR count). The Morgan fingerprint density at radius 2 is 1.83 bits per heavy atom. The van der Waals surface area contributed by atoms with E-state index in [1.807, 2.05) is 6.92 Å². The number of halogens is 3. The maximum atomic E-state index is 12.0. The third kappa shape index (κ3) is 5.40. The zero-order valence-electron chi connectivity index (χ0n) is 10.6. The Kier molecular flexibility index (Phi) is 5.47. The number of benzene rings is 1. The lowest BCUT2D eigenvalue weighted by Crippen LogP contribution is -2.20. The fourth-order valence-electron chi connectivity index (χ4n) is 1.61. The van der Waals surface area contributed by atoms with Crippen LogP contribution in [0.2, 0.25) is 0 Å². The van der Waals surface area contributed by atoms with Gasteiger partial charge in [0, 0.05) is 6.54 Å². The smallest absolute Gasteiger partial charge is 0.406 e. The third-order valence-electron chi connectivity index (χ3n) is 2.56. The van der Waals surface area contributed by atoms with Crippen molar-refractivity contribution in [1.82, 2.24) is 5.32 Å². The topological polar surface area (TPSA) is 21.3 Å². The molecule has 0 amide bonds. The molecule has 5 heteroatoms. The van der Waals surface area contributed by atoms with Crippen LogP contribution >= 0.6 is 0 Å². The van der Waals surface area contributed by atoms with Crippen LogP contribution in [0.15, 0.2) is 24.3 Å². The largest absolute Gasteiger partial charge is 0.573 e. The zero-order chi connectivity index (χ0) is 13.6. The molecule has 18 heavy (non-hydrogen) atoms. The molecule has 0 spiro atoms. The molecule has 0 saturated carbocycles. The van der Waals surface area contributed by atoms with Gasteiger partial charge in [-0.05, 0) is 36.6 Å². The van der Waals surface area contributed by atoms with E-state index in [2.05, 4.69) is 17.0 Å². The lowest BCUT2D eigenvalue weighted by Gasteiger charge is -2.14. The Labute approximate surface area is 105 Å². The van der Waals surface area contributed by atoms with Crippen LogP contribution < -0.4 is 10.1 Å². The first-order valence-corrected chi connectivity index (χ1v) is 5.99. The Bertz CT molecular complexity index is 348. The van der Waals surface area contributed by atoms with Gasteiger partial charge >= 0.3 is 6.36 Å². The maximum absolute atomic E-state index is 12.0. The van der Waals surface area contributed by atoms with Gasteiger partial charge in [-0.1, -0.05) is 26.0 Å². The highest BCUT2D eigenvalue weighted by molar-refractivity contribution is 5.29. The van der Waals surface area contributed by atoms with Gasteiger partial charge in [0.25, 0.3) is 0 Å². The minimum atomic E-state index is -4.63. The summed E-state index contributed by atoms with van der Waals surface area (Å²) in [5.41, 5.74) is 0.994. The van der Waals surface area contributed by atoms with Gasteiger partial charge in [-0.2, -0.15) is 0 Å². The molecule has 0 saturated heterocycles. The minimum absolute atomic E-state index is 0.181. The van der Waals surface area contributed by atoms with E-state index < -0.39 is 6.36 Å². The second-order valence-electron chi connectivity index (χ2n) is 4.22. The van der Waals surface area contributed by atoms with Gasteiger partial charge in [0.15, 0.2) is 0 Å². The summed E-state index contributed by atoms with van der Waals surface area (Å²) in [4.78, 5) is 0. The summed E-state index contributed by atoms with van der Waals surface area (Å²) >= 11 is 0. The number of hydrogen-bond donors (Lipinski definition) is 1. The first kappa shape index (κ1) is 14.8. The van der Waals surface area contributed by atoms with Crippen LogP contribution in [-0.4, -0.2) is 19.5 Å². The van der Waals surface area contributed by atoms with Crippen molar-refractivity contribution in [2.24, 2.45) is 0 Å². The Balaban J connectivity index is 2.54. The summed E-state index contributed by atoms with van der Waals surface area (Å²) in [5, 5.41) is 3.27. The molecule has 1 atom stereocenters. The SMILES string of the molecule is CCCNCC(C)c1ccc(OC(F)(F)F)cc1. The van der Waals surface area contributed by atoms with Gasteiger partial charge < -0.3 is 10.1 Å². The normalized spacial score (nSPS) is 13.4. The molecule has 0 radical (unpaired) electrons. The first-order valence-electron chi connectivity index (χ1n) is 5.99. The number of rotatable bonds is 6. The van der Waals surface area contributed by atoms with E-state index in [4.69, 9.17) is 0 Å². The second-order valence-corrected chi connectivity index (χ2v) is 4.22. The van der Waals surface area contributed by atoms with Crippen molar-refractivity contribution in [2.75, 3.05) is 13.1 Å². The Morgan fingerprint density at radius 3 is 2.33 bits per heavy atom. The first-order chi connectivity index (χ1) is 8.42. The summed E-state index contributed by atoms with van der Waals surface area (Å²) in [7, 11) is 0. The Hall–Kier alpha value is -1.23. The molecule has 0 heterocycles. The van der Waals surface area contributed by atoms with Crippen molar-refractivity contribution in [3.8, 4) is 5.75 Å². The number of ether oxygens (including phenoxy) is 1. The lowest BCUT2D eigenvalue weighted by molar-refractivity contribution is -0.274. The van der Waals surface area contributed by atoms with Crippen LogP contribution in [0.3, 0.4) is 0 Å². The minimum Gasteiger partial charge on any atom is -0.406 e. The summed E-state index contributed by atoms with van der Waals surface area (Å²) in [6.07, 6.45) is -3.57. The molecule has 1 aromatic rings. The molecule has 1 unspecified atom stereocenters.